The van der Waals surface area contributed by atoms with Crippen LogP contribution in [0.4, 0.5) is 17.1 Å². The number of anilines is 3. The highest BCUT2D eigenvalue weighted by molar-refractivity contribution is 6.12. The van der Waals surface area contributed by atoms with Gasteiger partial charge in [-0.2, -0.15) is 0 Å². The Bertz CT molecular complexity index is 3770. The van der Waals surface area contributed by atoms with Gasteiger partial charge in [0.1, 0.15) is 0 Å². The maximum absolute atomic E-state index is 2.46. The number of para-hydroxylation sites is 1. The first kappa shape index (κ1) is 40.1. The Morgan fingerprint density at radius 2 is 0.838 bits per heavy atom. The number of hydrogen-bond donors (Lipinski definition) is 0. The highest BCUT2D eigenvalue weighted by Gasteiger charge is 2.41. The van der Waals surface area contributed by atoms with Crippen molar-refractivity contribution in [1.29, 1.82) is 0 Å². The molecule has 11 aromatic rings. The fraction of sp³-hybridized carbons (Fsp3) is 0.0746. The van der Waals surface area contributed by atoms with E-state index in [0.717, 1.165) is 17.1 Å². The van der Waals surface area contributed by atoms with E-state index in [-0.39, 0.29) is 10.8 Å². The predicted molar refractivity (Wildman–Crippen MR) is 287 cm³/mol. The Morgan fingerprint density at radius 1 is 0.309 bits per heavy atom. The molecule has 1 atom stereocenters. The molecule has 0 heterocycles. The van der Waals surface area contributed by atoms with E-state index in [1.54, 1.807) is 0 Å². The predicted octanol–water partition coefficient (Wildman–Crippen LogP) is 18.1. The maximum atomic E-state index is 2.46. The molecule has 0 spiro atoms. The van der Waals surface area contributed by atoms with Crippen molar-refractivity contribution >= 4 is 38.6 Å². The van der Waals surface area contributed by atoms with Crippen molar-refractivity contribution in [2.24, 2.45) is 0 Å². The van der Waals surface area contributed by atoms with Gasteiger partial charge in [0.15, 0.2) is 0 Å². The molecule has 13 rings (SSSR count). The van der Waals surface area contributed by atoms with Gasteiger partial charge in [0.25, 0.3) is 0 Å². The zero-order valence-corrected chi connectivity index (χ0v) is 38.5. The third kappa shape index (κ3) is 6.02. The number of nitrogens with zero attached hydrogens (tertiary/aromatic N) is 1. The molecule has 0 amide bonds. The van der Waals surface area contributed by atoms with E-state index in [1.165, 1.54) is 105 Å². The molecular formula is C67H49N. The summed E-state index contributed by atoms with van der Waals surface area (Å²) in [5, 5.41) is 5.08. The van der Waals surface area contributed by atoms with Gasteiger partial charge in [-0.25, -0.2) is 0 Å². The van der Waals surface area contributed by atoms with E-state index in [4.69, 9.17) is 0 Å². The molecule has 0 saturated carbocycles. The Balaban J connectivity index is 0.947. The first-order valence-corrected chi connectivity index (χ1v) is 23.9. The summed E-state index contributed by atoms with van der Waals surface area (Å²) in [6.07, 6.45) is 0. The van der Waals surface area contributed by atoms with Crippen molar-refractivity contribution in [3.8, 4) is 55.6 Å². The molecule has 0 N–H and O–H groups in total. The molecule has 68 heavy (non-hydrogen) atoms. The normalized spacial score (nSPS) is 15.2. The van der Waals surface area contributed by atoms with Crippen LogP contribution in [-0.4, -0.2) is 0 Å². The summed E-state index contributed by atoms with van der Waals surface area (Å²) in [5.41, 5.74) is 22.3. The van der Waals surface area contributed by atoms with Crippen LogP contribution in [0.25, 0.3) is 77.2 Å². The van der Waals surface area contributed by atoms with E-state index in [9.17, 15) is 0 Å². The minimum Gasteiger partial charge on any atom is -0.310 e. The molecule has 0 aliphatic heterocycles. The molecular weight excluding hydrogens is 819 g/mol. The van der Waals surface area contributed by atoms with E-state index < -0.39 is 0 Å². The van der Waals surface area contributed by atoms with E-state index in [1.807, 2.05) is 0 Å². The molecule has 0 aromatic heterocycles. The molecule has 1 heteroatoms. The smallest absolute Gasteiger partial charge is 0.0540 e. The van der Waals surface area contributed by atoms with Crippen molar-refractivity contribution in [1.82, 2.24) is 0 Å². The molecule has 0 radical (unpaired) electrons. The summed E-state index contributed by atoms with van der Waals surface area (Å²) in [6.45, 7) is 7.16. The largest absolute Gasteiger partial charge is 0.310 e. The summed E-state index contributed by atoms with van der Waals surface area (Å²) >= 11 is 0. The number of hydrogen-bond acceptors (Lipinski definition) is 1. The van der Waals surface area contributed by atoms with Gasteiger partial charge in [-0.05, 0) is 143 Å². The van der Waals surface area contributed by atoms with Crippen molar-refractivity contribution < 1.29 is 0 Å². The second-order valence-electron chi connectivity index (χ2n) is 19.3. The average molecular weight is 868 g/mol. The van der Waals surface area contributed by atoms with Crippen molar-refractivity contribution in [3.63, 3.8) is 0 Å². The molecule has 1 unspecified atom stereocenters. The van der Waals surface area contributed by atoms with E-state index in [2.05, 4.69) is 268 Å². The van der Waals surface area contributed by atoms with Crippen LogP contribution in [0.5, 0.6) is 0 Å². The summed E-state index contributed by atoms with van der Waals surface area (Å²) in [4.78, 5) is 2.46. The first-order chi connectivity index (χ1) is 33.4. The minimum absolute atomic E-state index is 0.165. The third-order valence-electron chi connectivity index (χ3n) is 15.4. The summed E-state index contributed by atoms with van der Waals surface area (Å²) < 4.78 is 0. The van der Waals surface area contributed by atoms with Gasteiger partial charge in [0.2, 0.25) is 0 Å². The maximum Gasteiger partial charge on any atom is 0.0540 e. The fourth-order valence-electron chi connectivity index (χ4n) is 12.0. The van der Waals surface area contributed by atoms with Crippen LogP contribution in [-0.2, 0) is 10.8 Å². The molecule has 2 aliphatic rings. The van der Waals surface area contributed by atoms with Crippen molar-refractivity contribution in [3.05, 3.63) is 270 Å². The summed E-state index contributed by atoms with van der Waals surface area (Å²) in [5.74, 6) is 0. The van der Waals surface area contributed by atoms with Crippen LogP contribution in [0.3, 0.4) is 0 Å². The Morgan fingerprint density at radius 3 is 1.60 bits per heavy atom. The monoisotopic (exact) mass is 867 g/mol. The molecule has 0 saturated heterocycles. The van der Waals surface area contributed by atoms with Gasteiger partial charge >= 0.3 is 0 Å². The van der Waals surface area contributed by atoms with Crippen LogP contribution in [0, 0.1) is 0 Å². The standard InChI is InChI=1S/C67H49N/c1-66(2)61-28-12-9-22-56(61)59-26-16-27-60(65(59)66)58-23-11-14-30-64(58)68(50-39-33-46(34-40-50)52-24-15-25-53-51-20-8-7-17-45(51)35-41-54(52)53)49-37-31-44(32-38-49)47-36-42-57-55-21-10-13-29-62(55)67(3,63(57)43-47)48-18-5-4-6-19-48/h4-43H,1-3H3. The summed E-state index contributed by atoms with van der Waals surface area (Å²) in [7, 11) is 0. The number of fused-ring (bicyclic) bond motifs is 9. The van der Waals surface area contributed by atoms with Gasteiger partial charge in [-0.1, -0.05) is 220 Å². The summed E-state index contributed by atoms with van der Waals surface area (Å²) in [6, 6.07) is 90.2. The third-order valence-corrected chi connectivity index (χ3v) is 15.4. The van der Waals surface area contributed by atoms with Crippen LogP contribution in [0.15, 0.2) is 243 Å². The zero-order valence-electron chi connectivity index (χ0n) is 38.5. The van der Waals surface area contributed by atoms with Crippen molar-refractivity contribution in [2.75, 3.05) is 4.90 Å². The number of rotatable bonds is 7. The topological polar surface area (TPSA) is 3.24 Å². The zero-order chi connectivity index (χ0) is 45.6. The van der Waals surface area contributed by atoms with Gasteiger partial charge in [-0.15, -0.1) is 0 Å². The van der Waals surface area contributed by atoms with Gasteiger partial charge < -0.3 is 4.90 Å². The van der Waals surface area contributed by atoms with Crippen molar-refractivity contribution in [2.45, 2.75) is 31.6 Å². The lowest BCUT2D eigenvalue weighted by molar-refractivity contribution is 0.662. The first-order valence-electron chi connectivity index (χ1n) is 23.9. The quantitative estimate of drug-likeness (QED) is 0.144. The average Bonchev–Trinajstić information content (AvgIpc) is 3.80. The van der Waals surface area contributed by atoms with Gasteiger partial charge in [0, 0.05) is 27.8 Å². The lowest BCUT2D eigenvalue weighted by Gasteiger charge is -2.30. The fourth-order valence-corrected chi connectivity index (χ4v) is 12.0. The Kier molecular flexibility index (Phi) is 9.07. The second kappa shape index (κ2) is 15.4. The van der Waals surface area contributed by atoms with Gasteiger partial charge in [-0.3, -0.25) is 0 Å². The molecule has 2 aliphatic carbocycles. The Labute approximate surface area is 399 Å². The Hall–Kier alpha value is -8.26. The van der Waals surface area contributed by atoms with Crippen LogP contribution >= 0.6 is 0 Å². The SMILES string of the molecule is CC1(C)c2ccccc2-c2cccc(-c3ccccc3N(c3ccc(-c4ccc5c(c4)C(C)(c4ccccc4)c4ccccc4-5)cc3)c3ccc(-c4cccc5c4ccc4ccccc45)cc3)c21. The molecule has 0 bridgehead atoms. The van der Waals surface area contributed by atoms with E-state index >= 15 is 0 Å². The minimum atomic E-state index is -0.261. The molecule has 11 aromatic carbocycles. The van der Waals surface area contributed by atoms with Crippen LogP contribution in [0.2, 0.25) is 0 Å². The van der Waals surface area contributed by atoms with Crippen LogP contribution in [0.1, 0.15) is 48.6 Å². The highest BCUT2D eigenvalue weighted by atomic mass is 15.1. The molecule has 1 nitrogen and oxygen atoms in total. The highest BCUT2D eigenvalue weighted by Crippen LogP contribution is 2.55. The van der Waals surface area contributed by atoms with Gasteiger partial charge in [0.05, 0.1) is 5.69 Å². The number of benzene rings is 11. The lowest BCUT2D eigenvalue weighted by Crippen LogP contribution is -2.22. The molecule has 322 valence electrons. The second-order valence-corrected chi connectivity index (χ2v) is 19.3. The van der Waals surface area contributed by atoms with Crippen LogP contribution < -0.4 is 4.90 Å². The lowest BCUT2D eigenvalue weighted by atomic mass is 9.74. The molecule has 0 fully saturated rings. The van der Waals surface area contributed by atoms with E-state index in [0.29, 0.717) is 0 Å².